The van der Waals surface area contributed by atoms with E-state index in [0.717, 1.165) is 24.2 Å². The quantitative estimate of drug-likeness (QED) is 0.721. The minimum atomic E-state index is 0.747. The van der Waals surface area contributed by atoms with Crippen molar-refractivity contribution in [2.75, 3.05) is 20.3 Å². The van der Waals surface area contributed by atoms with Crippen LogP contribution in [-0.2, 0) is 11.3 Å². The lowest BCUT2D eigenvalue weighted by Crippen LogP contribution is -2.19. The van der Waals surface area contributed by atoms with Crippen molar-refractivity contribution in [3.05, 3.63) is 58.1 Å². The lowest BCUT2D eigenvalue weighted by molar-refractivity contribution is 0.199. The summed E-state index contributed by atoms with van der Waals surface area (Å²) in [5.74, 6) is 0. The topological polar surface area (TPSA) is 21.3 Å². The summed E-state index contributed by atoms with van der Waals surface area (Å²) in [6, 6.07) is 15.0. The van der Waals surface area contributed by atoms with Gasteiger partial charge in [-0.1, -0.05) is 33.8 Å². The van der Waals surface area contributed by atoms with Crippen LogP contribution in [0, 0.1) is 6.92 Å². The summed E-state index contributed by atoms with van der Waals surface area (Å²) < 4.78 is 6.15. The molecule has 0 fully saturated rings. The van der Waals surface area contributed by atoms with Gasteiger partial charge in [0.25, 0.3) is 0 Å². The highest BCUT2D eigenvalue weighted by molar-refractivity contribution is 9.10. The molecule has 0 amide bonds. The van der Waals surface area contributed by atoms with Crippen LogP contribution in [0.15, 0.2) is 56.7 Å². The van der Waals surface area contributed by atoms with Crippen LogP contribution in [0.25, 0.3) is 0 Å². The largest absolute Gasteiger partial charge is 0.383 e. The molecule has 0 aliphatic rings. The monoisotopic (exact) mass is 365 g/mol. The summed E-state index contributed by atoms with van der Waals surface area (Å²) in [6.07, 6.45) is 0. The number of hydrogen-bond acceptors (Lipinski definition) is 3. The average molecular weight is 366 g/mol. The van der Waals surface area contributed by atoms with Crippen LogP contribution < -0.4 is 5.32 Å². The number of nitrogens with one attached hydrogen (secondary N) is 1. The maximum Gasteiger partial charge on any atom is 0.0587 e. The maximum atomic E-state index is 5.03. The number of methoxy groups -OCH3 is 1. The van der Waals surface area contributed by atoms with E-state index in [1.165, 1.54) is 20.9 Å². The third-order valence-corrected chi connectivity index (χ3v) is 4.69. The molecule has 0 saturated heterocycles. The number of hydrogen-bond donors (Lipinski definition) is 1. The third-order valence-electron chi connectivity index (χ3n) is 3.16. The smallest absolute Gasteiger partial charge is 0.0587 e. The van der Waals surface area contributed by atoms with E-state index in [4.69, 9.17) is 4.74 Å². The van der Waals surface area contributed by atoms with Gasteiger partial charge in [0.15, 0.2) is 0 Å². The summed E-state index contributed by atoms with van der Waals surface area (Å²) in [6.45, 7) is 4.68. The first-order chi connectivity index (χ1) is 10.2. The summed E-state index contributed by atoms with van der Waals surface area (Å²) in [7, 11) is 1.72. The summed E-state index contributed by atoms with van der Waals surface area (Å²) in [5.41, 5.74) is 2.66. The first-order valence-corrected chi connectivity index (χ1v) is 8.52. The minimum Gasteiger partial charge on any atom is -0.383 e. The Morgan fingerprint density at radius 1 is 1.10 bits per heavy atom. The Balaban J connectivity index is 1.96. The van der Waals surface area contributed by atoms with E-state index in [1.54, 1.807) is 18.9 Å². The molecule has 0 aromatic heterocycles. The molecule has 0 aliphatic heterocycles. The molecule has 0 unspecified atom stereocenters. The number of rotatable bonds is 7. The van der Waals surface area contributed by atoms with E-state index in [2.05, 4.69) is 70.6 Å². The highest BCUT2D eigenvalue weighted by Gasteiger charge is 2.02. The molecule has 0 spiro atoms. The molecule has 0 bridgehead atoms. The first-order valence-electron chi connectivity index (χ1n) is 6.91. The Morgan fingerprint density at radius 2 is 1.81 bits per heavy atom. The molecular formula is C17H20BrNOS. The molecule has 4 heteroatoms. The Morgan fingerprint density at radius 3 is 2.48 bits per heavy atom. The predicted molar refractivity (Wildman–Crippen MR) is 93.0 cm³/mol. The summed E-state index contributed by atoms with van der Waals surface area (Å²) in [5, 5.41) is 3.38. The molecular weight excluding hydrogens is 346 g/mol. The Hall–Kier alpha value is -0.810. The van der Waals surface area contributed by atoms with Gasteiger partial charge >= 0.3 is 0 Å². The molecule has 2 rings (SSSR count). The number of benzene rings is 2. The molecule has 0 heterocycles. The van der Waals surface area contributed by atoms with Gasteiger partial charge in [0.1, 0.15) is 0 Å². The van der Waals surface area contributed by atoms with Crippen molar-refractivity contribution in [2.24, 2.45) is 0 Å². The lowest BCUT2D eigenvalue weighted by Gasteiger charge is -2.10. The van der Waals surface area contributed by atoms with Crippen LogP contribution in [-0.4, -0.2) is 20.3 Å². The Kier molecular flexibility index (Phi) is 6.77. The van der Waals surface area contributed by atoms with Crippen molar-refractivity contribution >= 4 is 27.7 Å². The van der Waals surface area contributed by atoms with Crippen LogP contribution in [0.3, 0.4) is 0 Å². The highest BCUT2D eigenvalue weighted by atomic mass is 79.9. The van der Waals surface area contributed by atoms with E-state index in [-0.39, 0.29) is 0 Å². The molecule has 2 aromatic carbocycles. The van der Waals surface area contributed by atoms with Crippen LogP contribution in [0.1, 0.15) is 11.1 Å². The van der Waals surface area contributed by atoms with E-state index >= 15 is 0 Å². The van der Waals surface area contributed by atoms with Crippen LogP contribution in [0.4, 0.5) is 0 Å². The van der Waals surface area contributed by atoms with E-state index in [1.807, 2.05) is 0 Å². The van der Waals surface area contributed by atoms with Gasteiger partial charge in [-0.05, 0) is 54.4 Å². The van der Waals surface area contributed by atoms with Gasteiger partial charge in [-0.25, -0.2) is 0 Å². The molecule has 21 heavy (non-hydrogen) atoms. The molecule has 0 saturated carbocycles. The second-order valence-electron chi connectivity index (χ2n) is 4.81. The standard InChI is InChI=1S/C17H20BrNOS/c1-13-11-17(21-16-7-4-15(18)5-8-16)6-3-14(13)12-19-9-10-20-2/h3-8,11,19H,9-10,12H2,1-2H3. The Bertz CT molecular complexity index is 572. The SMILES string of the molecule is COCCNCc1ccc(Sc2ccc(Br)cc2)cc1C. The average Bonchev–Trinajstić information content (AvgIpc) is 2.48. The molecule has 0 atom stereocenters. The number of ether oxygens (including phenoxy) is 1. The fraction of sp³-hybridized carbons (Fsp3) is 0.294. The molecule has 112 valence electrons. The molecule has 2 nitrogen and oxygen atoms in total. The van der Waals surface area contributed by atoms with Gasteiger partial charge in [-0.2, -0.15) is 0 Å². The van der Waals surface area contributed by atoms with Gasteiger partial charge in [-0.15, -0.1) is 0 Å². The highest BCUT2D eigenvalue weighted by Crippen LogP contribution is 2.29. The van der Waals surface area contributed by atoms with Crippen molar-refractivity contribution in [1.82, 2.24) is 5.32 Å². The van der Waals surface area contributed by atoms with Gasteiger partial charge in [-0.3, -0.25) is 0 Å². The predicted octanol–water partition coefficient (Wildman–Crippen LogP) is 4.64. The number of halogens is 1. The second-order valence-corrected chi connectivity index (χ2v) is 6.88. The molecule has 0 aliphatic carbocycles. The van der Waals surface area contributed by atoms with Crippen molar-refractivity contribution < 1.29 is 4.74 Å². The van der Waals surface area contributed by atoms with Crippen LogP contribution >= 0.6 is 27.7 Å². The van der Waals surface area contributed by atoms with Crippen molar-refractivity contribution in [3.63, 3.8) is 0 Å². The van der Waals surface area contributed by atoms with Crippen LogP contribution in [0.2, 0.25) is 0 Å². The zero-order chi connectivity index (χ0) is 15.1. The minimum absolute atomic E-state index is 0.747. The lowest BCUT2D eigenvalue weighted by atomic mass is 10.1. The molecule has 0 radical (unpaired) electrons. The fourth-order valence-corrected chi connectivity index (χ4v) is 3.15. The molecule has 1 N–H and O–H groups in total. The normalized spacial score (nSPS) is 10.8. The van der Waals surface area contributed by atoms with E-state index in [0.29, 0.717) is 0 Å². The summed E-state index contributed by atoms with van der Waals surface area (Å²) in [4.78, 5) is 2.53. The van der Waals surface area contributed by atoms with Crippen molar-refractivity contribution in [2.45, 2.75) is 23.3 Å². The fourth-order valence-electron chi connectivity index (χ4n) is 1.97. The van der Waals surface area contributed by atoms with Gasteiger partial charge < -0.3 is 10.1 Å². The Labute approximate surface area is 139 Å². The van der Waals surface area contributed by atoms with Gasteiger partial charge in [0.05, 0.1) is 6.61 Å². The van der Waals surface area contributed by atoms with Gasteiger partial charge in [0, 0.05) is 34.5 Å². The van der Waals surface area contributed by atoms with E-state index in [9.17, 15) is 0 Å². The third kappa shape index (κ3) is 5.47. The second kappa shape index (κ2) is 8.59. The van der Waals surface area contributed by atoms with Crippen LogP contribution in [0.5, 0.6) is 0 Å². The zero-order valence-corrected chi connectivity index (χ0v) is 14.8. The number of aryl methyl sites for hydroxylation is 1. The van der Waals surface area contributed by atoms with E-state index < -0.39 is 0 Å². The van der Waals surface area contributed by atoms with Crippen molar-refractivity contribution in [1.29, 1.82) is 0 Å². The zero-order valence-electron chi connectivity index (χ0n) is 12.4. The molecule has 2 aromatic rings. The summed E-state index contributed by atoms with van der Waals surface area (Å²) >= 11 is 5.25. The van der Waals surface area contributed by atoms with Crippen molar-refractivity contribution in [3.8, 4) is 0 Å². The first kappa shape index (κ1) is 16.6. The van der Waals surface area contributed by atoms with Gasteiger partial charge in [0.2, 0.25) is 0 Å². The maximum absolute atomic E-state index is 5.03.